The van der Waals surface area contributed by atoms with Gasteiger partial charge in [0.25, 0.3) is 0 Å². The Morgan fingerprint density at radius 2 is 1.67 bits per heavy atom. The molecule has 3 fully saturated rings. The largest absolute Gasteiger partial charge is 0.299 e. The molecule has 2 nitrogen and oxygen atoms in total. The van der Waals surface area contributed by atoms with Gasteiger partial charge in [-0.3, -0.25) is 9.59 Å². The van der Waals surface area contributed by atoms with Crippen molar-refractivity contribution in [1.29, 1.82) is 0 Å². The number of ketones is 1. The van der Waals surface area contributed by atoms with Crippen molar-refractivity contribution in [3.05, 3.63) is 36.0 Å². The lowest BCUT2D eigenvalue weighted by Gasteiger charge is -2.58. The number of hydrogen-bond acceptors (Lipinski definition) is 2. The molecule has 3 saturated carbocycles. The van der Waals surface area contributed by atoms with Crippen molar-refractivity contribution in [1.82, 2.24) is 0 Å². The van der Waals surface area contributed by atoms with Crippen molar-refractivity contribution in [3.63, 3.8) is 0 Å². The Morgan fingerprint density at radius 1 is 0.881 bits per heavy atom. The van der Waals surface area contributed by atoms with E-state index in [-0.39, 0.29) is 5.92 Å². The van der Waals surface area contributed by atoms with Gasteiger partial charge in [0.05, 0.1) is 0 Å². The lowest BCUT2D eigenvalue weighted by atomic mass is 9.46. The van der Waals surface area contributed by atoms with Crippen molar-refractivity contribution >= 4 is 12.1 Å². The Hall–Kier alpha value is -1.44. The summed E-state index contributed by atoms with van der Waals surface area (Å²) in [6.07, 6.45) is 33.3. The van der Waals surface area contributed by atoms with Crippen LogP contribution in [0.5, 0.6) is 0 Å². The van der Waals surface area contributed by atoms with Crippen LogP contribution in [0.25, 0.3) is 0 Å². The number of hydrogen-bond donors (Lipinski definition) is 0. The van der Waals surface area contributed by atoms with Crippen LogP contribution < -0.4 is 0 Å². The minimum atomic E-state index is 0.279. The molecule has 0 N–H and O–H groups in total. The predicted molar refractivity (Wildman–Crippen MR) is 178 cm³/mol. The lowest BCUT2D eigenvalue weighted by Crippen LogP contribution is -2.50. The quantitative estimate of drug-likeness (QED) is 0.0602. The molecule has 0 saturated heterocycles. The molecule has 8 atom stereocenters. The highest BCUT2D eigenvalue weighted by Crippen LogP contribution is 2.67. The summed E-state index contributed by atoms with van der Waals surface area (Å²) < 4.78 is 0. The van der Waals surface area contributed by atoms with E-state index in [1.54, 1.807) is 11.6 Å². The van der Waals surface area contributed by atoms with Crippen molar-refractivity contribution in [3.8, 4) is 0 Å². The van der Waals surface area contributed by atoms with Gasteiger partial charge in [0.15, 0.2) is 0 Å². The topological polar surface area (TPSA) is 34.1 Å². The molecule has 0 aromatic carbocycles. The number of rotatable bonds is 16. The molecule has 4 aliphatic carbocycles. The van der Waals surface area contributed by atoms with Gasteiger partial charge in [-0.25, -0.2) is 0 Å². The second kappa shape index (κ2) is 15.5. The van der Waals surface area contributed by atoms with E-state index < -0.39 is 0 Å². The molecule has 0 aliphatic heterocycles. The molecular weight excluding hydrogens is 512 g/mol. The van der Waals surface area contributed by atoms with Crippen molar-refractivity contribution in [2.75, 3.05) is 0 Å². The fourth-order valence-electron chi connectivity index (χ4n) is 10.5. The zero-order valence-corrected chi connectivity index (χ0v) is 28.0. The smallest absolute Gasteiger partial charge is 0.142 e. The summed E-state index contributed by atoms with van der Waals surface area (Å²) >= 11 is 0. The Labute approximate surface area is 259 Å². The Morgan fingerprint density at radius 3 is 2.45 bits per heavy atom. The Balaban J connectivity index is 1.24. The third kappa shape index (κ3) is 7.79. The third-order valence-electron chi connectivity index (χ3n) is 13.0. The highest BCUT2D eigenvalue weighted by Gasteiger charge is 2.59. The van der Waals surface area contributed by atoms with Crippen LogP contribution in [0.15, 0.2) is 36.0 Å². The number of Topliss-reactive ketones (excluding diaryl/α,β-unsaturated/α-hetero) is 1. The normalized spacial score (nSPS) is 35.2. The molecule has 4 rings (SSSR count). The zero-order valence-electron chi connectivity index (χ0n) is 28.0. The summed E-state index contributed by atoms with van der Waals surface area (Å²) in [5, 5.41) is 0. The number of fused-ring (bicyclic) bond motifs is 5. The first-order valence-electron chi connectivity index (χ1n) is 18.2. The van der Waals surface area contributed by atoms with E-state index >= 15 is 0 Å². The lowest BCUT2D eigenvalue weighted by molar-refractivity contribution is -0.124. The average Bonchev–Trinajstić information content (AvgIpc) is 3.32. The molecule has 0 heterocycles. The van der Waals surface area contributed by atoms with Gasteiger partial charge in [-0.1, -0.05) is 103 Å². The summed E-state index contributed by atoms with van der Waals surface area (Å²) in [4.78, 5) is 23.5. The van der Waals surface area contributed by atoms with Gasteiger partial charge in [-0.15, -0.1) is 0 Å². The van der Waals surface area contributed by atoms with Crippen LogP contribution in [-0.2, 0) is 9.59 Å². The fourth-order valence-corrected chi connectivity index (χ4v) is 10.5. The molecule has 0 radical (unpaired) electrons. The van der Waals surface area contributed by atoms with Gasteiger partial charge in [0.1, 0.15) is 12.1 Å². The summed E-state index contributed by atoms with van der Waals surface area (Å²) in [5.74, 6) is 6.10. The molecule has 4 aliphatic rings. The standard InChI is InChI=1S/C40H64O2/c1-30(2)17-16-18-31(3)35-22-23-36-34-21-20-33-29-32(24-26-39(33,4)37(34)25-27-40(35,36)5)38(42)19-14-12-10-8-6-7-9-11-13-15-28-41/h9,11,13,15,20,28,30-32,34-37H,6-8,10,12,14,16-19,21-27,29H2,1-5H3/b11-9-,15-13+/t31-,32?,34+,35-,36+,37+,39+,40-/m1/s1. The zero-order chi connectivity index (χ0) is 30.2. The van der Waals surface area contributed by atoms with Gasteiger partial charge in [-0.05, 0) is 123 Å². The molecule has 0 amide bonds. The summed E-state index contributed by atoms with van der Waals surface area (Å²) in [7, 11) is 0. The van der Waals surface area contributed by atoms with Gasteiger partial charge >= 0.3 is 0 Å². The minimum Gasteiger partial charge on any atom is -0.299 e. The van der Waals surface area contributed by atoms with Crippen molar-refractivity contribution in [2.45, 2.75) is 150 Å². The fraction of sp³-hybridized carbons (Fsp3) is 0.800. The first-order valence-corrected chi connectivity index (χ1v) is 18.2. The van der Waals surface area contributed by atoms with E-state index in [4.69, 9.17) is 0 Å². The Kier molecular flexibility index (Phi) is 12.4. The van der Waals surface area contributed by atoms with E-state index in [0.29, 0.717) is 16.6 Å². The van der Waals surface area contributed by atoms with Gasteiger partial charge in [-0.2, -0.15) is 0 Å². The SMILES string of the molecule is CC(C)CCC[C@@H](C)[C@H]1CC[C@H]2[C@@H]3CC=C4CC(C(=O)CCCCCCC/C=C\C=C\C=O)CC[C@]4(C)[C@H]3CC[C@]12C. The number of aldehydes is 1. The summed E-state index contributed by atoms with van der Waals surface area (Å²) in [6.45, 7) is 12.6. The monoisotopic (exact) mass is 576 g/mol. The van der Waals surface area contributed by atoms with Crippen LogP contribution in [0.1, 0.15) is 150 Å². The van der Waals surface area contributed by atoms with E-state index in [9.17, 15) is 9.59 Å². The van der Waals surface area contributed by atoms with E-state index in [2.05, 4.69) is 46.8 Å². The van der Waals surface area contributed by atoms with Crippen LogP contribution in [0.3, 0.4) is 0 Å². The van der Waals surface area contributed by atoms with Crippen LogP contribution in [0, 0.1) is 52.3 Å². The Bertz CT molecular complexity index is 970. The molecular formula is C40H64O2. The molecule has 236 valence electrons. The molecule has 42 heavy (non-hydrogen) atoms. The summed E-state index contributed by atoms with van der Waals surface area (Å²) in [6, 6.07) is 0. The predicted octanol–water partition coefficient (Wildman–Crippen LogP) is 11.3. The minimum absolute atomic E-state index is 0.279. The van der Waals surface area contributed by atoms with Gasteiger partial charge < -0.3 is 0 Å². The first kappa shape index (κ1) is 33.5. The van der Waals surface area contributed by atoms with Crippen molar-refractivity contribution in [2.24, 2.45) is 52.3 Å². The van der Waals surface area contributed by atoms with Crippen LogP contribution in [-0.4, -0.2) is 12.1 Å². The maximum absolute atomic E-state index is 13.3. The van der Waals surface area contributed by atoms with Crippen LogP contribution in [0.2, 0.25) is 0 Å². The number of carbonyl (C=O) groups excluding carboxylic acids is 2. The molecule has 0 aromatic rings. The molecule has 0 spiro atoms. The third-order valence-corrected chi connectivity index (χ3v) is 13.0. The molecule has 0 aromatic heterocycles. The van der Waals surface area contributed by atoms with E-state index in [1.165, 1.54) is 89.5 Å². The van der Waals surface area contributed by atoms with Crippen LogP contribution in [0.4, 0.5) is 0 Å². The number of unbranched alkanes of at least 4 members (excludes halogenated alkanes) is 5. The van der Waals surface area contributed by atoms with E-state index in [0.717, 1.165) is 73.9 Å². The maximum Gasteiger partial charge on any atom is 0.142 e. The molecule has 2 heteroatoms. The average molecular weight is 577 g/mol. The van der Waals surface area contributed by atoms with Gasteiger partial charge in [0, 0.05) is 12.3 Å². The second-order valence-corrected chi connectivity index (χ2v) is 16.0. The molecule has 0 bridgehead atoms. The molecule has 1 unspecified atom stereocenters. The summed E-state index contributed by atoms with van der Waals surface area (Å²) in [5.41, 5.74) is 2.57. The van der Waals surface area contributed by atoms with Crippen LogP contribution >= 0.6 is 0 Å². The van der Waals surface area contributed by atoms with E-state index in [1.807, 2.05) is 6.08 Å². The number of allylic oxidation sites excluding steroid dienone is 6. The second-order valence-electron chi connectivity index (χ2n) is 16.0. The maximum atomic E-state index is 13.3. The van der Waals surface area contributed by atoms with Crippen molar-refractivity contribution < 1.29 is 9.59 Å². The van der Waals surface area contributed by atoms with Gasteiger partial charge in [0.2, 0.25) is 0 Å². The highest BCUT2D eigenvalue weighted by atomic mass is 16.1. The first-order chi connectivity index (χ1) is 20.2. The number of carbonyl (C=O) groups is 2. The highest BCUT2D eigenvalue weighted by molar-refractivity contribution is 5.81.